The van der Waals surface area contributed by atoms with Crippen LogP contribution in [0.3, 0.4) is 0 Å². The van der Waals surface area contributed by atoms with Crippen molar-refractivity contribution in [2.75, 3.05) is 0 Å². The molecule has 0 heterocycles. The van der Waals surface area contributed by atoms with Crippen LogP contribution in [0, 0.1) is 22.7 Å². The molecule has 1 rings (SSSR count). The predicted molar refractivity (Wildman–Crippen MR) is 73.5 cm³/mol. The number of hydrogen-bond donors (Lipinski definition) is 0. The lowest BCUT2D eigenvalue weighted by Gasteiger charge is -2.47. The predicted octanol–water partition coefficient (Wildman–Crippen LogP) is 5.44. The van der Waals surface area contributed by atoms with Crippen LogP contribution in [0.25, 0.3) is 0 Å². The Labute approximate surface area is 103 Å². The average molecular weight is 222 g/mol. The van der Waals surface area contributed by atoms with E-state index in [1.54, 1.807) is 0 Å². The Morgan fingerprint density at radius 3 is 2.44 bits per heavy atom. The molecule has 0 spiro atoms. The minimum Gasteiger partial charge on any atom is -0.103 e. The van der Waals surface area contributed by atoms with Crippen molar-refractivity contribution < 1.29 is 0 Å². The number of rotatable bonds is 3. The van der Waals surface area contributed by atoms with Crippen LogP contribution >= 0.6 is 0 Å². The van der Waals surface area contributed by atoms with Gasteiger partial charge in [-0.05, 0) is 48.3 Å². The summed E-state index contributed by atoms with van der Waals surface area (Å²) in [6, 6.07) is 0. The molecule has 1 fully saturated rings. The molecule has 0 amide bonds. The Morgan fingerprint density at radius 2 is 2.00 bits per heavy atom. The molecule has 0 N–H and O–H groups in total. The molecule has 0 saturated heterocycles. The second kappa shape index (κ2) is 4.94. The van der Waals surface area contributed by atoms with Gasteiger partial charge in [0.05, 0.1) is 0 Å². The molecule has 1 aliphatic carbocycles. The summed E-state index contributed by atoms with van der Waals surface area (Å²) in [7, 11) is 0. The molecule has 1 aliphatic rings. The molecule has 1 saturated carbocycles. The van der Waals surface area contributed by atoms with E-state index in [4.69, 9.17) is 0 Å². The highest BCUT2D eigenvalue weighted by molar-refractivity contribution is 4.94. The first kappa shape index (κ1) is 13.8. The van der Waals surface area contributed by atoms with Crippen molar-refractivity contribution in [3.63, 3.8) is 0 Å². The highest BCUT2D eigenvalue weighted by Crippen LogP contribution is 2.51. The summed E-state index contributed by atoms with van der Waals surface area (Å²) in [5, 5.41) is 0. The third kappa shape index (κ3) is 2.90. The third-order valence-corrected chi connectivity index (χ3v) is 5.10. The van der Waals surface area contributed by atoms with Gasteiger partial charge < -0.3 is 0 Å². The summed E-state index contributed by atoms with van der Waals surface area (Å²) >= 11 is 0. The van der Waals surface area contributed by atoms with Gasteiger partial charge in [-0.15, -0.1) is 6.58 Å². The van der Waals surface area contributed by atoms with Crippen LogP contribution in [0.1, 0.15) is 66.7 Å². The van der Waals surface area contributed by atoms with Crippen molar-refractivity contribution in [2.24, 2.45) is 22.7 Å². The van der Waals surface area contributed by atoms with Gasteiger partial charge in [-0.25, -0.2) is 0 Å². The van der Waals surface area contributed by atoms with Crippen LogP contribution in [0.15, 0.2) is 12.7 Å². The molecular formula is C16H30. The van der Waals surface area contributed by atoms with Crippen LogP contribution in [-0.4, -0.2) is 0 Å². The van der Waals surface area contributed by atoms with E-state index in [0.717, 1.165) is 11.8 Å². The van der Waals surface area contributed by atoms with Crippen LogP contribution < -0.4 is 0 Å². The SMILES string of the molecule is C=CCC1CC(C(C)(C)C)CCC1(C)CC. The van der Waals surface area contributed by atoms with Crippen LogP contribution in [0.4, 0.5) is 0 Å². The average Bonchev–Trinajstić information content (AvgIpc) is 2.20. The van der Waals surface area contributed by atoms with Crippen molar-refractivity contribution >= 4 is 0 Å². The van der Waals surface area contributed by atoms with Crippen LogP contribution in [0.2, 0.25) is 0 Å². The van der Waals surface area contributed by atoms with Gasteiger partial charge in [0.2, 0.25) is 0 Å². The fraction of sp³-hybridized carbons (Fsp3) is 0.875. The molecule has 0 aromatic heterocycles. The zero-order valence-electron chi connectivity index (χ0n) is 12.0. The van der Waals surface area contributed by atoms with Gasteiger partial charge in [-0.1, -0.05) is 47.1 Å². The summed E-state index contributed by atoms with van der Waals surface area (Å²) in [6.45, 7) is 16.0. The van der Waals surface area contributed by atoms with E-state index in [0.29, 0.717) is 10.8 Å². The quantitative estimate of drug-likeness (QED) is 0.558. The second-order valence-electron chi connectivity index (χ2n) is 7.07. The maximum atomic E-state index is 3.94. The van der Waals surface area contributed by atoms with E-state index in [2.05, 4.69) is 47.3 Å². The minimum absolute atomic E-state index is 0.481. The molecule has 0 bridgehead atoms. The van der Waals surface area contributed by atoms with Gasteiger partial charge in [-0.2, -0.15) is 0 Å². The van der Waals surface area contributed by atoms with Gasteiger partial charge in [0.25, 0.3) is 0 Å². The van der Waals surface area contributed by atoms with Crippen molar-refractivity contribution in [3.05, 3.63) is 12.7 Å². The van der Waals surface area contributed by atoms with Gasteiger partial charge in [0.1, 0.15) is 0 Å². The Morgan fingerprint density at radius 1 is 1.38 bits per heavy atom. The Hall–Kier alpha value is -0.260. The van der Waals surface area contributed by atoms with Gasteiger partial charge >= 0.3 is 0 Å². The highest BCUT2D eigenvalue weighted by atomic mass is 14.5. The van der Waals surface area contributed by atoms with Gasteiger partial charge in [-0.3, -0.25) is 0 Å². The first-order chi connectivity index (χ1) is 7.33. The van der Waals surface area contributed by atoms with E-state index in [1.165, 1.54) is 32.1 Å². The summed E-state index contributed by atoms with van der Waals surface area (Å²) in [4.78, 5) is 0. The smallest absolute Gasteiger partial charge is 0.0297 e. The molecule has 0 nitrogen and oxygen atoms in total. The third-order valence-electron chi connectivity index (χ3n) is 5.10. The van der Waals surface area contributed by atoms with Crippen LogP contribution in [-0.2, 0) is 0 Å². The van der Waals surface area contributed by atoms with Crippen molar-refractivity contribution in [1.82, 2.24) is 0 Å². The Balaban J connectivity index is 2.76. The minimum atomic E-state index is 0.481. The van der Waals surface area contributed by atoms with Crippen molar-refractivity contribution in [2.45, 2.75) is 66.7 Å². The lowest BCUT2D eigenvalue weighted by atomic mass is 9.58. The second-order valence-corrected chi connectivity index (χ2v) is 7.07. The zero-order chi connectivity index (χ0) is 12.4. The maximum Gasteiger partial charge on any atom is -0.0297 e. The highest BCUT2D eigenvalue weighted by Gasteiger charge is 2.40. The van der Waals surface area contributed by atoms with Crippen LogP contribution in [0.5, 0.6) is 0 Å². The number of allylic oxidation sites excluding steroid dienone is 1. The van der Waals surface area contributed by atoms with E-state index < -0.39 is 0 Å². The molecule has 0 heteroatoms. The van der Waals surface area contributed by atoms with E-state index in [1.807, 2.05) is 0 Å². The zero-order valence-corrected chi connectivity index (χ0v) is 12.0. The maximum absolute atomic E-state index is 3.94. The summed E-state index contributed by atoms with van der Waals surface area (Å²) in [6.07, 6.45) is 8.88. The van der Waals surface area contributed by atoms with Crippen molar-refractivity contribution in [1.29, 1.82) is 0 Å². The molecule has 0 radical (unpaired) electrons. The fourth-order valence-corrected chi connectivity index (χ4v) is 3.29. The monoisotopic (exact) mass is 222 g/mol. The van der Waals surface area contributed by atoms with E-state index >= 15 is 0 Å². The van der Waals surface area contributed by atoms with Gasteiger partial charge in [0, 0.05) is 0 Å². The topological polar surface area (TPSA) is 0 Å². The van der Waals surface area contributed by atoms with Gasteiger partial charge in [0.15, 0.2) is 0 Å². The summed E-state index contributed by atoms with van der Waals surface area (Å²) < 4.78 is 0. The molecule has 0 aromatic carbocycles. The first-order valence-electron chi connectivity index (χ1n) is 6.94. The fourth-order valence-electron chi connectivity index (χ4n) is 3.29. The normalized spacial score (nSPS) is 36.1. The van der Waals surface area contributed by atoms with E-state index in [-0.39, 0.29) is 0 Å². The standard InChI is InChI=1S/C16H30/c1-7-9-14-12-13(15(3,4)5)10-11-16(14,6)8-2/h7,13-14H,1,8-12H2,2-6H3. The van der Waals surface area contributed by atoms with E-state index in [9.17, 15) is 0 Å². The molecule has 94 valence electrons. The molecule has 0 aliphatic heterocycles. The molecular weight excluding hydrogens is 192 g/mol. The number of hydrogen-bond acceptors (Lipinski definition) is 0. The molecule has 3 atom stereocenters. The molecule has 0 aromatic rings. The Bertz CT molecular complexity index is 233. The molecule has 16 heavy (non-hydrogen) atoms. The molecule has 3 unspecified atom stereocenters. The summed E-state index contributed by atoms with van der Waals surface area (Å²) in [5.74, 6) is 1.75. The largest absolute Gasteiger partial charge is 0.103 e. The first-order valence-corrected chi connectivity index (χ1v) is 6.94. The lowest BCUT2D eigenvalue weighted by molar-refractivity contribution is 0.0340. The van der Waals surface area contributed by atoms with Crippen molar-refractivity contribution in [3.8, 4) is 0 Å². The lowest BCUT2D eigenvalue weighted by Crippen LogP contribution is -2.37. The summed E-state index contributed by atoms with van der Waals surface area (Å²) in [5.41, 5.74) is 1.05. The Kier molecular flexibility index (Phi) is 4.26.